The van der Waals surface area contributed by atoms with Crippen LogP contribution in [0.1, 0.15) is 15.9 Å². The van der Waals surface area contributed by atoms with Crippen molar-refractivity contribution in [2.24, 2.45) is 0 Å². The molecule has 21 heavy (non-hydrogen) atoms. The van der Waals surface area contributed by atoms with Crippen molar-refractivity contribution in [3.8, 4) is 5.75 Å². The number of rotatable bonds is 3. The Kier molecular flexibility index (Phi) is 3.28. The number of nitrogens with zero attached hydrogens (tertiary/aromatic N) is 1. The van der Waals surface area contributed by atoms with Gasteiger partial charge in [0.05, 0.1) is 12.6 Å². The fraction of sp³-hybridized carbons (Fsp3) is 0.0588. The second-order valence-electron chi connectivity index (χ2n) is 4.66. The van der Waals surface area contributed by atoms with Crippen LogP contribution in [0.15, 0.2) is 54.7 Å². The molecule has 0 spiro atoms. The van der Waals surface area contributed by atoms with Crippen LogP contribution in [0.2, 0.25) is 0 Å². The standard InChI is InChI=1S/C17H14N2O2/c1-21-12-7-8-15(18)14(10-12)17(20)13-6-2-4-11-5-3-9-19-16(11)13/h2-10H,18H2,1H3. The number of carbonyl (C=O) groups excluding carboxylic acids is 1. The molecule has 0 aliphatic heterocycles. The average molecular weight is 278 g/mol. The van der Waals surface area contributed by atoms with Gasteiger partial charge in [-0.3, -0.25) is 9.78 Å². The van der Waals surface area contributed by atoms with Crippen LogP contribution in [0.5, 0.6) is 5.75 Å². The summed E-state index contributed by atoms with van der Waals surface area (Å²) in [5.74, 6) is 0.441. The fourth-order valence-corrected chi connectivity index (χ4v) is 2.29. The van der Waals surface area contributed by atoms with Crippen molar-refractivity contribution in [3.63, 3.8) is 0 Å². The van der Waals surface area contributed by atoms with Gasteiger partial charge in [-0.15, -0.1) is 0 Å². The lowest BCUT2D eigenvalue weighted by molar-refractivity contribution is 0.104. The Morgan fingerprint density at radius 3 is 2.71 bits per heavy atom. The molecule has 0 unspecified atom stereocenters. The molecule has 1 aromatic heterocycles. The lowest BCUT2D eigenvalue weighted by Crippen LogP contribution is -2.07. The predicted octanol–water partition coefficient (Wildman–Crippen LogP) is 3.06. The van der Waals surface area contributed by atoms with E-state index in [0.717, 1.165) is 5.39 Å². The summed E-state index contributed by atoms with van der Waals surface area (Å²) in [5, 5.41) is 0.921. The normalized spacial score (nSPS) is 10.5. The van der Waals surface area contributed by atoms with Gasteiger partial charge in [0.2, 0.25) is 0 Å². The van der Waals surface area contributed by atoms with Gasteiger partial charge < -0.3 is 10.5 Å². The first-order valence-corrected chi connectivity index (χ1v) is 6.52. The quantitative estimate of drug-likeness (QED) is 0.590. The van der Waals surface area contributed by atoms with Crippen LogP contribution >= 0.6 is 0 Å². The molecule has 4 nitrogen and oxygen atoms in total. The highest BCUT2D eigenvalue weighted by Gasteiger charge is 2.16. The summed E-state index contributed by atoms with van der Waals surface area (Å²) >= 11 is 0. The SMILES string of the molecule is COc1ccc(N)c(C(=O)c2cccc3cccnc23)c1. The Bertz CT molecular complexity index is 823. The molecule has 104 valence electrons. The van der Waals surface area contributed by atoms with Crippen LogP contribution in [-0.2, 0) is 0 Å². The molecule has 0 atom stereocenters. The summed E-state index contributed by atoms with van der Waals surface area (Å²) < 4.78 is 5.16. The number of nitrogens with two attached hydrogens (primary N) is 1. The highest BCUT2D eigenvalue weighted by molar-refractivity contribution is 6.17. The highest BCUT2D eigenvalue weighted by atomic mass is 16.5. The fourth-order valence-electron chi connectivity index (χ4n) is 2.29. The summed E-state index contributed by atoms with van der Waals surface area (Å²) in [5.41, 5.74) is 7.99. The second-order valence-corrected chi connectivity index (χ2v) is 4.66. The number of hydrogen-bond acceptors (Lipinski definition) is 4. The van der Waals surface area contributed by atoms with Gasteiger partial charge in [-0.1, -0.05) is 18.2 Å². The van der Waals surface area contributed by atoms with Crippen molar-refractivity contribution in [2.45, 2.75) is 0 Å². The first-order valence-electron chi connectivity index (χ1n) is 6.52. The van der Waals surface area contributed by atoms with Crippen LogP contribution in [-0.4, -0.2) is 17.9 Å². The number of ketones is 1. The molecule has 0 aliphatic rings. The second kappa shape index (κ2) is 5.25. The number of pyridine rings is 1. The van der Waals surface area contributed by atoms with E-state index in [4.69, 9.17) is 10.5 Å². The number of aromatic nitrogens is 1. The molecule has 2 aromatic carbocycles. The Hall–Kier alpha value is -2.88. The molecule has 1 heterocycles. The van der Waals surface area contributed by atoms with Gasteiger partial charge >= 0.3 is 0 Å². The molecule has 2 N–H and O–H groups in total. The van der Waals surface area contributed by atoms with Crippen LogP contribution in [0.25, 0.3) is 10.9 Å². The Balaban J connectivity index is 2.17. The number of hydrogen-bond donors (Lipinski definition) is 1. The maximum atomic E-state index is 12.8. The lowest BCUT2D eigenvalue weighted by atomic mass is 9.99. The van der Waals surface area contributed by atoms with E-state index < -0.39 is 0 Å². The number of carbonyl (C=O) groups is 1. The van der Waals surface area contributed by atoms with Gasteiger partial charge in [-0.25, -0.2) is 0 Å². The van der Waals surface area contributed by atoms with Crippen LogP contribution in [0, 0.1) is 0 Å². The zero-order valence-corrected chi connectivity index (χ0v) is 11.5. The lowest BCUT2D eigenvalue weighted by Gasteiger charge is -2.09. The minimum Gasteiger partial charge on any atom is -0.497 e. The van der Waals surface area contributed by atoms with Gasteiger partial charge in [0.1, 0.15) is 5.75 Å². The molecule has 0 radical (unpaired) electrons. The minimum absolute atomic E-state index is 0.157. The summed E-state index contributed by atoms with van der Waals surface area (Å²) in [7, 11) is 1.55. The topological polar surface area (TPSA) is 65.2 Å². The molecule has 0 fully saturated rings. The zero-order chi connectivity index (χ0) is 14.8. The molecular weight excluding hydrogens is 264 g/mol. The van der Waals surface area contributed by atoms with E-state index in [1.807, 2.05) is 24.3 Å². The summed E-state index contributed by atoms with van der Waals surface area (Å²) in [6.45, 7) is 0. The largest absolute Gasteiger partial charge is 0.497 e. The molecule has 4 heteroatoms. The molecule has 0 aliphatic carbocycles. The van der Waals surface area contributed by atoms with Gasteiger partial charge in [-0.2, -0.15) is 0 Å². The smallest absolute Gasteiger partial charge is 0.197 e. The number of methoxy groups -OCH3 is 1. The van der Waals surface area contributed by atoms with Crippen LogP contribution in [0.3, 0.4) is 0 Å². The number of para-hydroxylation sites is 1. The third-order valence-corrected chi connectivity index (χ3v) is 3.38. The van der Waals surface area contributed by atoms with Crippen molar-refractivity contribution in [1.82, 2.24) is 4.98 Å². The van der Waals surface area contributed by atoms with Crippen molar-refractivity contribution in [3.05, 3.63) is 65.9 Å². The van der Waals surface area contributed by atoms with Gasteiger partial charge in [0.15, 0.2) is 5.78 Å². The highest BCUT2D eigenvalue weighted by Crippen LogP contribution is 2.25. The van der Waals surface area contributed by atoms with Crippen LogP contribution in [0.4, 0.5) is 5.69 Å². The minimum atomic E-state index is -0.157. The van der Waals surface area contributed by atoms with E-state index in [-0.39, 0.29) is 5.78 Å². The Labute approximate surface area is 122 Å². The first kappa shape index (κ1) is 13.1. The number of nitrogen functional groups attached to an aromatic ring is 1. The third-order valence-electron chi connectivity index (χ3n) is 3.38. The van der Waals surface area contributed by atoms with Gasteiger partial charge in [0, 0.05) is 28.4 Å². The van der Waals surface area contributed by atoms with E-state index in [0.29, 0.717) is 28.1 Å². The van der Waals surface area contributed by atoms with Crippen molar-refractivity contribution < 1.29 is 9.53 Å². The number of benzene rings is 2. The molecular formula is C17H14N2O2. The summed E-state index contributed by atoms with van der Waals surface area (Å²) in [4.78, 5) is 17.1. The Morgan fingerprint density at radius 2 is 1.90 bits per heavy atom. The number of anilines is 1. The number of fused-ring (bicyclic) bond motifs is 1. The van der Waals surface area contributed by atoms with Gasteiger partial charge in [0.25, 0.3) is 0 Å². The maximum absolute atomic E-state index is 12.8. The number of ether oxygens (including phenoxy) is 1. The third kappa shape index (κ3) is 2.31. The van der Waals surface area contributed by atoms with Crippen LogP contribution < -0.4 is 10.5 Å². The van der Waals surface area contributed by atoms with E-state index in [1.54, 1.807) is 37.6 Å². The zero-order valence-electron chi connectivity index (χ0n) is 11.5. The first-order chi connectivity index (χ1) is 10.2. The van der Waals surface area contributed by atoms with Gasteiger partial charge in [-0.05, 0) is 30.3 Å². The Morgan fingerprint density at radius 1 is 1.10 bits per heavy atom. The van der Waals surface area contributed by atoms with Crippen molar-refractivity contribution in [1.29, 1.82) is 0 Å². The van der Waals surface area contributed by atoms with E-state index in [1.165, 1.54) is 0 Å². The van der Waals surface area contributed by atoms with E-state index >= 15 is 0 Å². The molecule has 0 bridgehead atoms. The molecule has 0 saturated heterocycles. The molecule has 3 rings (SSSR count). The van der Waals surface area contributed by atoms with E-state index in [2.05, 4.69) is 4.98 Å². The monoisotopic (exact) mass is 278 g/mol. The molecule has 0 amide bonds. The van der Waals surface area contributed by atoms with Crippen molar-refractivity contribution >= 4 is 22.4 Å². The molecule has 3 aromatic rings. The van der Waals surface area contributed by atoms with E-state index in [9.17, 15) is 4.79 Å². The average Bonchev–Trinajstić information content (AvgIpc) is 2.54. The maximum Gasteiger partial charge on any atom is 0.197 e. The molecule has 0 saturated carbocycles. The summed E-state index contributed by atoms with van der Waals surface area (Å²) in [6, 6.07) is 14.3. The predicted molar refractivity (Wildman–Crippen MR) is 82.6 cm³/mol. The van der Waals surface area contributed by atoms with Crippen molar-refractivity contribution in [2.75, 3.05) is 12.8 Å². The summed E-state index contributed by atoms with van der Waals surface area (Å²) in [6.07, 6.45) is 1.67.